The van der Waals surface area contributed by atoms with Gasteiger partial charge in [-0.1, -0.05) is 27.7 Å². The third kappa shape index (κ3) is 5.76. The monoisotopic (exact) mass is 242 g/mol. The van der Waals surface area contributed by atoms with Crippen LogP contribution in [0.4, 0.5) is 0 Å². The maximum atomic E-state index is 9.48. The number of esters is 1. The SMILES string of the molecule is Cc1[cH-]c(C)c(C)c1C.[CH2-]C(=O)OC.[Ti+2]. The van der Waals surface area contributed by atoms with Gasteiger partial charge < -0.3 is 4.74 Å². The summed E-state index contributed by atoms with van der Waals surface area (Å²) in [5.41, 5.74) is 5.75. The summed E-state index contributed by atoms with van der Waals surface area (Å²) in [7, 11) is 1.29. The summed E-state index contributed by atoms with van der Waals surface area (Å²) in [6.45, 7) is 11.6. The van der Waals surface area contributed by atoms with Gasteiger partial charge in [0, 0.05) is 0 Å². The zero-order valence-corrected chi connectivity index (χ0v) is 11.7. The second kappa shape index (κ2) is 7.66. The van der Waals surface area contributed by atoms with Crippen molar-refractivity contribution >= 4 is 5.97 Å². The predicted octanol–water partition coefficient (Wildman–Crippen LogP) is 2.63. The molecule has 0 unspecified atom stereocenters. The normalized spacial score (nSPS) is 8.33. The van der Waals surface area contributed by atoms with Crippen LogP contribution in [0.25, 0.3) is 0 Å². The molecule has 0 heterocycles. The second-order valence-electron chi connectivity index (χ2n) is 3.34. The van der Waals surface area contributed by atoms with Crippen molar-refractivity contribution in [1.82, 2.24) is 0 Å². The molecule has 0 saturated carbocycles. The molecule has 0 aliphatic heterocycles. The molecular weight excluding hydrogens is 224 g/mol. The molecule has 1 rings (SSSR count). The minimum atomic E-state index is -0.495. The number of ether oxygens (including phenoxy) is 1. The van der Waals surface area contributed by atoms with E-state index in [-0.39, 0.29) is 21.7 Å². The Labute approximate surface area is 107 Å². The summed E-state index contributed by atoms with van der Waals surface area (Å²) in [6, 6.07) is 2.24. The first kappa shape index (κ1) is 16.8. The van der Waals surface area contributed by atoms with Crippen LogP contribution in [-0.2, 0) is 31.2 Å². The van der Waals surface area contributed by atoms with Crippen LogP contribution in [0, 0.1) is 34.6 Å². The first-order chi connectivity index (χ1) is 6.40. The zero-order valence-electron chi connectivity index (χ0n) is 10.1. The van der Waals surface area contributed by atoms with Gasteiger partial charge in [-0.15, -0.1) is 0 Å². The Morgan fingerprint density at radius 3 is 1.47 bits per heavy atom. The number of hydrogen-bond acceptors (Lipinski definition) is 2. The topological polar surface area (TPSA) is 26.3 Å². The van der Waals surface area contributed by atoms with Crippen LogP contribution in [0.2, 0.25) is 0 Å². The van der Waals surface area contributed by atoms with E-state index in [1.807, 2.05) is 0 Å². The smallest absolute Gasteiger partial charge is 0.492 e. The average molecular weight is 242 g/mol. The summed E-state index contributed by atoms with van der Waals surface area (Å²) in [5, 5.41) is 0. The van der Waals surface area contributed by atoms with Crippen molar-refractivity contribution in [3.8, 4) is 0 Å². The van der Waals surface area contributed by atoms with Crippen LogP contribution in [-0.4, -0.2) is 13.1 Å². The van der Waals surface area contributed by atoms with Gasteiger partial charge in [-0.05, 0) is 0 Å². The summed E-state index contributed by atoms with van der Waals surface area (Å²) < 4.78 is 4.00. The quantitative estimate of drug-likeness (QED) is 0.397. The van der Waals surface area contributed by atoms with E-state index in [9.17, 15) is 4.79 Å². The van der Waals surface area contributed by atoms with E-state index in [1.165, 1.54) is 29.4 Å². The molecule has 0 aromatic heterocycles. The number of aryl methyl sites for hydroxylation is 2. The Hall–Kier alpha value is -0.596. The summed E-state index contributed by atoms with van der Waals surface area (Å²) in [5.74, 6) is -0.495. The molecule has 0 atom stereocenters. The number of carbonyl (C=O) groups excluding carboxylic acids is 1. The molecule has 1 aromatic carbocycles. The summed E-state index contributed by atoms with van der Waals surface area (Å²) in [4.78, 5) is 9.48. The van der Waals surface area contributed by atoms with Gasteiger partial charge in [0.1, 0.15) is 0 Å². The molecule has 0 N–H and O–H groups in total. The summed E-state index contributed by atoms with van der Waals surface area (Å²) >= 11 is 0. The van der Waals surface area contributed by atoms with E-state index >= 15 is 0 Å². The van der Waals surface area contributed by atoms with Crippen LogP contribution in [0.5, 0.6) is 0 Å². The van der Waals surface area contributed by atoms with E-state index in [1.54, 1.807) is 0 Å². The molecule has 0 saturated heterocycles. The molecule has 0 aliphatic carbocycles. The van der Waals surface area contributed by atoms with Crippen molar-refractivity contribution in [3.63, 3.8) is 0 Å². The van der Waals surface area contributed by atoms with E-state index in [0.717, 1.165) is 0 Å². The van der Waals surface area contributed by atoms with Crippen LogP contribution in [0.3, 0.4) is 0 Å². The molecule has 3 heteroatoms. The van der Waals surface area contributed by atoms with E-state index in [4.69, 9.17) is 0 Å². The van der Waals surface area contributed by atoms with Gasteiger partial charge in [0.15, 0.2) is 5.97 Å². The number of carbonyl (C=O) groups is 1. The molecule has 0 aliphatic rings. The maximum Gasteiger partial charge on any atom is 2.00 e. The third-order valence-corrected chi connectivity index (χ3v) is 2.41. The maximum absolute atomic E-state index is 9.48. The van der Waals surface area contributed by atoms with Crippen LogP contribution >= 0.6 is 0 Å². The molecule has 0 radical (unpaired) electrons. The second-order valence-corrected chi connectivity index (χ2v) is 3.34. The minimum absolute atomic E-state index is 0. The molecule has 1 aromatic rings. The fourth-order valence-corrected chi connectivity index (χ4v) is 1.13. The fraction of sp³-hybridized carbons (Fsp3) is 0.417. The molecule has 15 heavy (non-hydrogen) atoms. The average Bonchev–Trinajstić information content (AvgIpc) is 2.34. The van der Waals surface area contributed by atoms with Gasteiger partial charge in [0.2, 0.25) is 0 Å². The molecule has 0 amide bonds. The number of methoxy groups -OCH3 is 1. The standard InChI is InChI=1S/C9H13.C3H5O2.Ti/c1-6-5-7(2)9(4)8(6)3;1-3(4)5-2;/h5H,1-4H3;1H2,2H3;/q2*-1;+2. The Morgan fingerprint density at radius 2 is 1.40 bits per heavy atom. The summed E-state index contributed by atoms with van der Waals surface area (Å²) in [6.07, 6.45) is 0. The van der Waals surface area contributed by atoms with E-state index in [0.29, 0.717) is 0 Å². The van der Waals surface area contributed by atoms with Crippen molar-refractivity contribution in [1.29, 1.82) is 0 Å². The molecule has 0 fully saturated rings. The van der Waals surface area contributed by atoms with Crippen LogP contribution in [0.15, 0.2) is 6.07 Å². The van der Waals surface area contributed by atoms with E-state index < -0.39 is 5.97 Å². The van der Waals surface area contributed by atoms with Gasteiger partial charge in [0.25, 0.3) is 0 Å². The fourth-order valence-electron chi connectivity index (χ4n) is 1.13. The van der Waals surface area contributed by atoms with Crippen molar-refractivity contribution < 1.29 is 31.2 Å². The molecule has 2 nitrogen and oxygen atoms in total. The molecule has 0 spiro atoms. The molecule has 0 bridgehead atoms. The minimum Gasteiger partial charge on any atom is -0.492 e. The Bertz CT molecular complexity index is 291. The van der Waals surface area contributed by atoms with Crippen LogP contribution in [0.1, 0.15) is 22.3 Å². The zero-order chi connectivity index (χ0) is 11.3. The van der Waals surface area contributed by atoms with Gasteiger partial charge in [-0.25, -0.2) is 0 Å². The molecule has 82 valence electrons. The predicted molar refractivity (Wildman–Crippen MR) is 58.4 cm³/mol. The first-order valence-electron chi connectivity index (χ1n) is 4.50. The molecular formula is C12H18O2Ti. The van der Waals surface area contributed by atoms with E-state index in [2.05, 4.69) is 45.4 Å². The number of hydrogen-bond donors (Lipinski definition) is 0. The van der Waals surface area contributed by atoms with Gasteiger partial charge >= 0.3 is 21.7 Å². The number of rotatable bonds is 0. The largest absolute Gasteiger partial charge is 2.00 e. The van der Waals surface area contributed by atoms with Crippen molar-refractivity contribution in [3.05, 3.63) is 35.2 Å². The third-order valence-electron chi connectivity index (χ3n) is 2.41. The Balaban J connectivity index is 0. The van der Waals surface area contributed by atoms with Crippen LogP contribution < -0.4 is 0 Å². The van der Waals surface area contributed by atoms with Crippen molar-refractivity contribution in [2.75, 3.05) is 7.11 Å². The Morgan fingerprint density at radius 1 is 1.13 bits per heavy atom. The van der Waals surface area contributed by atoms with Crippen molar-refractivity contribution in [2.45, 2.75) is 27.7 Å². The Kier molecular flexibility index (Phi) is 8.59. The van der Waals surface area contributed by atoms with Gasteiger partial charge in [-0.2, -0.15) is 28.3 Å². The van der Waals surface area contributed by atoms with Gasteiger partial charge in [-0.3, -0.25) is 11.7 Å². The van der Waals surface area contributed by atoms with Crippen molar-refractivity contribution in [2.24, 2.45) is 0 Å². The first-order valence-corrected chi connectivity index (χ1v) is 4.50. The van der Waals surface area contributed by atoms with Gasteiger partial charge in [0.05, 0.1) is 7.11 Å².